The predicted octanol–water partition coefficient (Wildman–Crippen LogP) is 4.25. The van der Waals surface area contributed by atoms with Gasteiger partial charge in [0, 0.05) is 25.8 Å². The number of amides is 2. The summed E-state index contributed by atoms with van der Waals surface area (Å²) in [7, 11) is 0. The number of nitrogens with zero attached hydrogens (tertiary/aromatic N) is 3. The van der Waals surface area contributed by atoms with Crippen LogP contribution in [-0.4, -0.2) is 66.0 Å². The van der Waals surface area contributed by atoms with Crippen LogP contribution < -0.4 is 0 Å². The second-order valence-corrected chi connectivity index (χ2v) is 8.87. The van der Waals surface area contributed by atoms with Gasteiger partial charge in [-0.15, -0.1) is 0 Å². The van der Waals surface area contributed by atoms with E-state index in [1.165, 1.54) is 0 Å². The van der Waals surface area contributed by atoms with Crippen molar-refractivity contribution < 1.29 is 23.8 Å². The summed E-state index contributed by atoms with van der Waals surface area (Å²) in [6.07, 6.45) is 4.30. The summed E-state index contributed by atoms with van der Waals surface area (Å²) in [5.41, 5.74) is 1.86. The second-order valence-electron chi connectivity index (χ2n) is 8.87. The summed E-state index contributed by atoms with van der Waals surface area (Å²) < 4.78 is 16.7. The number of ether oxygens (including phenoxy) is 3. The molecule has 4 rings (SSSR count). The van der Waals surface area contributed by atoms with E-state index in [2.05, 4.69) is 4.98 Å². The number of benzene rings is 1. The molecule has 1 aromatic heterocycles. The highest BCUT2D eigenvalue weighted by Crippen LogP contribution is 2.27. The van der Waals surface area contributed by atoms with Gasteiger partial charge in [-0.25, -0.2) is 9.59 Å². The second kappa shape index (κ2) is 12.4. The van der Waals surface area contributed by atoms with Crippen molar-refractivity contribution >= 4 is 12.2 Å². The van der Waals surface area contributed by atoms with Gasteiger partial charge in [-0.1, -0.05) is 36.4 Å². The van der Waals surface area contributed by atoms with E-state index < -0.39 is 0 Å². The Labute approximate surface area is 200 Å². The molecule has 2 heterocycles. The van der Waals surface area contributed by atoms with E-state index in [4.69, 9.17) is 14.2 Å². The Kier molecular flexibility index (Phi) is 8.73. The minimum absolute atomic E-state index is 0.124. The van der Waals surface area contributed by atoms with E-state index in [1.807, 2.05) is 48.5 Å². The van der Waals surface area contributed by atoms with Crippen molar-refractivity contribution in [3.8, 4) is 0 Å². The molecule has 34 heavy (non-hydrogen) atoms. The average molecular weight is 468 g/mol. The molecule has 2 aromatic rings. The lowest BCUT2D eigenvalue weighted by Crippen LogP contribution is -2.41. The fourth-order valence-electron chi connectivity index (χ4n) is 4.34. The van der Waals surface area contributed by atoms with Crippen LogP contribution in [0.4, 0.5) is 9.59 Å². The number of carbonyl (C=O) groups is 2. The monoisotopic (exact) mass is 467 g/mol. The van der Waals surface area contributed by atoms with Gasteiger partial charge in [-0.3, -0.25) is 9.88 Å². The first-order chi connectivity index (χ1) is 16.7. The molecule has 1 aromatic carbocycles. The first-order valence-electron chi connectivity index (χ1n) is 12.1. The van der Waals surface area contributed by atoms with Gasteiger partial charge in [-0.2, -0.15) is 0 Å². The average Bonchev–Trinajstić information content (AvgIpc) is 2.89. The summed E-state index contributed by atoms with van der Waals surface area (Å²) in [5.74, 6) is 0.300. The number of rotatable bonds is 7. The van der Waals surface area contributed by atoms with Gasteiger partial charge in [0.15, 0.2) is 0 Å². The Hall–Kier alpha value is -3.13. The summed E-state index contributed by atoms with van der Waals surface area (Å²) in [5, 5.41) is 0. The molecular weight excluding hydrogens is 434 g/mol. The molecule has 0 radical (unpaired) electrons. The Bertz CT molecular complexity index is 856. The third-order valence-electron chi connectivity index (χ3n) is 6.33. The summed E-state index contributed by atoms with van der Waals surface area (Å²) >= 11 is 0. The molecule has 0 unspecified atom stereocenters. The highest BCUT2D eigenvalue weighted by molar-refractivity contribution is 5.68. The molecule has 182 valence electrons. The lowest BCUT2D eigenvalue weighted by Gasteiger charge is -2.31. The zero-order valence-electron chi connectivity index (χ0n) is 19.5. The minimum atomic E-state index is -0.322. The van der Waals surface area contributed by atoms with Crippen LogP contribution in [0.1, 0.15) is 36.9 Å². The van der Waals surface area contributed by atoms with Crippen molar-refractivity contribution in [2.45, 2.75) is 44.9 Å². The molecule has 1 saturated carbocycles. The molecule has 2 amide bonds. The van der Waals surface area contributed by atoms with Crippen molar-refractivity contribution in [1.82, 2.24) is 14.8 Å². The van der Waals surface area contributed by atoms with Crippen molar-refractivity contribution in [1.29, 1.82) is 0 Å². The highest BCUT2D eigenvalue weighted by Gasteiger charge is 2.28. The first-order valence-corrected chi connectivity index (χ1v) is 12.1. The molecular formula is C26H33N3O5. The molecule has 0 spiro atoms. The number of hydrogen-bond donors (Lipinski definition) is 0. The molecule has 1 aliphatic heterocycles. The fourth-order valence-corrected chi connectivity index (χ4v) is 4.34. The number of morpholine rings is 1. The highest BCUT2D eigenvalue weighted by atomic mass is 16.6. The van der Waals surface area contributed by atoms with Crippen LogP contribution in [0, 0.1) is 5.92 Å². The van der Waals surface area contributed by atoms with E-state index in [-0.39, 0.29) is 18.3 Å². The van der Waals surface area contributed by atoms with Gasteiger partial charge in [0.2, 0.25) is 0 Å². The van der Waals surface area contributed by atoms with Crippen LogP contribution in [0.3, 0.4) is 0 Å². The molecule has 0 N–H and O–H groups in total. The van der Waals surface area contributed by atoms with Gasteiger partial charge < -0.3 is 19.1 Å². The molecule has 1 saturated heterocycles. The molecule has 2 aliphatic rings. The third kappa shape index (κ3) is 7.18. The van der Waals surface area contributed by atoms with E-state index in [1.54, 1.807) is 16.0 Å². The molecule has 8 nitrogen and oxygen atoms in total. The van der Waals surface area contributed by atoms with Gasteiger partial charge in [0.1, 0.15) is 6.10 Å². The topological polar surface area (TPSA) is 81.2 Å². The normalized spacial score (nSPS) is 20.4. The zero-order chi connectivity index (χ0) is 23.6. The van der Waals surface area contributed by atoms with Crippen LogP contribution in [0.15, 0.2) is 54.7 Å². The zero-order valence-corrected chi connectivity index (χ0v) is 19.5. The number of carbonyl (C=O) groups excluding carboxylic acids is 2. The maximum Gasteiger partial charge on any atom is 0.410 e. The summed E-state index contributed by atoms with van der Waals surface area (Å²) in [6, 6.07) is 15.6. The maximum atomic E-state index is 13.1. The molecule has 2 fully saturated rings. The summed E-state index contributed by atoms with van der Waals surface area (Å²) in [6.45, 7) is 3.56. The van der Waals surface area contributed by atoms with Gasteiger partial charge in [0.25, 0.3) is 0 Å². The SMILES string of the molecule is O=C(OCC1CCC(OC(=O)N(Cc2ccccc2)Cc2ccccn2)CC1)N1CCOCC1. The minimum Gasteiger partial charge on any atom is -0.449 e. The fraction of sp³-hybridized carbons (Fsp3) is 0.500. The van der Waals surface area contributed by atoms with Crippen molar-refractivity contribution in [2.75, 3.05) is 32.9 Å². The molecule has 0 atom stereocenters. The number of hydrogen-bond acceptors (Lipinski definition) is 6. The molecule has 8 heteroatoms. The Morgan fingerprint density at radius 1 is 0.971 bits per heavy atom. The van der Waals surface area contributed by atoms with Gasteiger partial charge >= 0.3 is 12.2 Å². The van der Waals surface area contributed by atoms with Gasteiger partial charge in [0.05, 0.1) is 32.1 Å². The standard InChI is InChI=1S/C26H33N3O5/c30-25(28-14-16-32-17-15-28)33-20-22-9-11-24(12-10-22)34-26(31)29(18-21-6-2-1-3-7-21)19-23-8-4-5-13-27-23/h1-8,13,22,24H,9-12,14-20H2. The van der Waals surface area contributed by atoms with E-state index >= 15 is 0 Å². The van der Waals surface area contributed by atoms with Crippen molar-refractivity contribution in [3.63, 3.8) is 0 Å². The smallest absolute Gasteiger partial charge is 0.410 e. The number of aromatic nitrogens is 1. The first kappa shape index (κ1) is 24.0. The Morgan fingerprint density at radius 2 is 1.71 bits per heavy atom. The van der Waals surface area contributed by atoms with Crippen LogP contribution in [0.5, 0.6) is 0 Å². The predicted molar refractivity (Wildman–Crippen MR) is 126 cm³/mol. The van der Waals surface area contributed by atoms with Gasteiger partial charge in [-0.05, 0) is 49.3 Å². The number of pyridine rings is 1. The van der Waals surface area contributed by atoms with Crippen LogP contribution in [0.2, 0.25) is 0 Å². The van der Waals surface area contributed by atoms with E-state index in [0.29, 0.717) is 51.9 Å². The lowest BCUT2D eigenvalue weighted by molar-refractivity contribution is 0.0102. The quantitative estimate of drug-likeness (QED) is 0.606. The third-order valence-corrected chi connectivity index (χ3v) is 6.33. The lowest BCUT2D eigenvalue weighted by atomic mass is 9.88. The molecule has 1 aliphatic carbocycles. The largest absolute Gasteiger partial charge is 0.449 e. The Morgan fingerprint density at radius 3 is 2.41 bits per heavy atom. The molecule has 0 bridgehead atoms. The van der Waals surface area contributed by atoms with Crippen LogP contribution in [-0.2, 0) is 27.3 Å². The van der Waals surface area contributed by atoms with Crippen molar-refractivity contribution in [3.05, 3.63) is 66.0 Å². The van der Waals surface area contributed by atoms with Crippen LogP contribution in [0.25, 0.3) is 0 Å². The van der Waals surface area contributed by atoms with Crippen molar-refractivity contribution in [2.24, 2.45) is 5.92 Å². The summed E-state index contributed by atoms with van der Waals surface area (Å²) in [4.78, 5) is 33.0. The van der Waals surface area contributed by atoms with E-state index in [9.17, 15) is 9.59 Å². The Balaban J connectivity index is 1.25. The van der Waals surface area contributed by atoms with Crippen LogP contribution >= 0.6 is 0 Å². The maximum absolute atomic E-state index is 13.1. The van der Waals surface area contributed by atoms with E-state index in [0.717, 1.165) is 36.9 Å².